The molecule has 0 aliphatic rings. The van der Waals surface area contributed by atoms with E-state index in [-0.39, 0.29) is 11.6 Å². The number of nitrogens with one attached hydrogen (secondary N) is 1. The molecule has 3 rings (SSSR count). The molecule has 0 unspecified atom stereocenters. The molecule has 0 aliphatic heterocycles. The molecule has 0 aromatic carbocycles. The lowest BCUT2D eigenvalue weighted by Crippen LogP contribution is -1.92. The average Bonchev–Trinajstić information content (AvgIpc) is 3.02. The lowest BCUT2D eigenvalue weighted by Gasteiger charge is -2.05. The quantitative estimate of drug-likeness (QED) is 0.370. The molecular weight excluding hydrogens is 396 g/mol. The molecule has 142 valence electrons. The van der Waals surface area contributed by atoms with Crippen molar-refractivity contribution in [2.45, 2.75) is 12.3 Å². The molecule has 0 atom stereocenters. The van der Waals surface area contributed by atoms with Gasteiger partial charge in [0, 0.05) is 12.4 Å². The van der Waals surface area contributed by atoms with E-state index < -0.39 is 27.5 Å². The summed E-state index contributed by atoms with van der Waals surface area (Å²) in [5.74, 6) is 0.527. The van der Waals surface area contributed by atoms with Crippen LogP contribution in [-0.4, -0.2) is 44.7 Å². The van der Waals surface area contributed by atoms with E-state index in [4.69, 9.17) is 19.6 Å². The van der Waals surface area contributed by atoms with Gasteiger partial charge in [-0.25, -0.2) is 0 Å². The third kappa shape index (κ3) is 5.61. The Morgan fingerprint density at radius 3 is 1.56 bits per heavy atom. The number of rotatable bonds is 6. The van der Waals surface area contributed by atoms with Crippen LogP contribution in [0.25, 0.3) is 23.0 Å². The minimum Gasteiger partial charge on any atom is -0.324 e. The third-order valence-electron chi connectivity index (χ3n) is 3.40. The Bertz CT molecular complexity index is 977. The Kier molecular flexibility index (Phi) is 5.34. The Morgan fingerprint density at radius 2 is 1.19 bits per heavy atom. The fourth-order valence-corrected chi connectivity index (χ4v) is 3.72. The molecule has 3 aromatic rings. The van der Waals surface area contributed by atoms with E-state index in [2.05, 4.69) is 25.1 Å². The van der Waals surface area contributed by atoms with Crippen LogP contribution in [0.2, 0.25) is 0 Å². The van der Waals surface area contributed by atoms with Gasteiger partial charge in [0.05, 0.1) is 12.3 Å². The van der Waals surface area contributed by atoms with Gasteiger partial charge in [0.15, 0.2) is 11.6 Å². The molecule has 0 amide bonds. The van der Waals surface area contributed by atoms with Crippen LogP contribution in [0.4, 0.5) is 0 Å². The molecule has 0 radical (unpaired) electrons. The van der Waals surface area contributed by atoms with Gasteiger partial charge in [-0.15, -0.1) is 10.2 Å². The lowest BCUT2D eigenvalue weighted by molar-refractivity contribution is 0.369. The molecule has 5 N–H and O–H groups in total. The van der Waals surface area contributed by atoms with Crippen LogP contribution < -0.4 is 0 Å². The molecule has 0 saturated carbocycles. The molecule has 0 aliphatic carbocycles. The van der Waals surface area contributed by atoms with Gasteiger partial charge in [0.2, 0.25) is 0 Å². The monoisotopic (exact) mass is 411 g/mol. The second-order valence-corrected chi connectivity index (χ2v) is 9.06. The zero-order chi connectivity index (χ0) is 19.7. The first-order valence-electron chi connectivity index (χ1n) is 7.51. The second-order valence-electron chi connectivity index (χ2n) is 5.77. The van der Waals surface area contributed by atoms with Crippen molar-refractivity contribution in [1.29, 1.82) is 0 Å². The van der Waals surface area contributed by atoms with Crippen molar-refractivity contribution >= 4 is 15.2 Å². The normalized spacial score (nSPS) is 12.3. The molecule has 0 spiro atoms. The van der Waals surface area contributed by atoms with E-state index in [9.17, 15) is 9.13 Å². The second kappa shape index (κ2) is 7.40. The Morgan fingerprint density at radius 1 is 0.778 bits per heavy atom. The summed E-state index contributed by atoms with van der Waals surface area (Å²) in [7, 11) is -8.42. The average molecular weight is 411 g/mol. The molecule has 3 heterocycles. The minimum absolute atomic E-state index is 0.264. The van der Waals surface area contributed by atoms with Crippen LogP contribution in [0.1, 0.15) is 11.1 Å². The first-order valence-corrected chi connectivity index (χ1v) is 11.1. The smallest absolute Gasteiger partial charge is 0.324 e. The van der Waals surface area contributed by atoms with E-state index in [1.165, 1.54) is 36.7 Å². The Hall–Kier alpha value is -2.26. The summed E-state index contributed by atoms with van der Waals surface area (Å²) in [5.41, 5.74) is 1.47. The number of aromatic amines is 1. The molecule has 0 bridgehead atoms. The first kappa shape index (κ1) is 19.5. The molecule has 27 heavy (non-hydrogen) atoms. The SMILES string of the molecule is O=P(O)(O)Cc1ccnc(-c2nnc(-c3cc(CP(=O)(O)O)ccn3)[nH]2)c1. The molecular formula is C14H15N5O6P2. The van der Waals surface area contributed by atoms with Crippen molar-refractivity contribution in [3.8, 4) is 23.0 Å². The van der Waals surface area contributed by atoms with Crippen LogP contribution in [0, 0.1) is 0 Å². The number of hydrogen-bond donors (Lipinski definition) is 5. The van der Waals surface area contributed by atoms with Gasteiger partial charge in [-0.1, -0.05) is 0 Å². The van der Waals surface area contributed by atoms with Crippen molar-refractivity contribution in [2.24, 2.45) is 0 Å². The van der Waals surface area contributed by atoms with Crippen LogP contribution in [0.15, 0.2) is 36.7 Å². The third-order valence-corrected chi connectivity index (χ3v) is 4.95. The minimum atomic E-state index is -4.21. The highest BCUT2D eigenvalue weighted by Gasteiger charge is 2.17. The van der Waals surface area contributed by atoms with Gasteiger partial charge >= 0.3 is 15.2 Å². The van der Waals surface area contributed by atoms with Crippen molar-refractivity contribution in [3.63, 3.8) is 0 Å². The number of pyridine rings is 2. The highest BCUT2D eigenvalue weighted by molar-refractivity contribution is 7.51. The largest absolute Gasteiger partial charge is 0.329 e. The Balaban J connectivity index is 1.87. The number of nitrogens with zero attached hydrogens (tertiary/aromatic N) is 4. The van der Waals surface area contributed by atoms with Crippen molar-refractivity contribution in [3.05, 3.63) is 47.8 Å². The standard InChI is InChI=1S/C14H15N5O6P2/c20-26(21,22)7-9-1-3-15-11(5-9)13-17-14(19-18-13)12-6-10(2-4-16-12)8-27(23,24)25/h1-6H,7-8H2,(H,17,18,19)(H2,20,21,22)(H2,23,24,25). The van der Waals surface area contributed by atoms with Crippen LogP contribution in [-0.2, 0) is 21.5 Å². The summed E-state index contributed by atoms with van der Waals surface area (Å²) in [6.07, 6.45) is 1.97. The van der Waals surface area contributed by atoms with Gasteiger partial charge in [-0.05, 0) is 35.4 Å². The first-order chi connectivity index (χ1) is 12.6. The fourth-order valence-electron chi connectivity index (χ4n) is 2.37. The number of hydrogen-bond acceptors (Lipinski definition) is 6. The molecule has 0 fully saturated rings. The lowest BCUT2D eigenvalue weighted by atomic mass is 10.2. The van der Waals surface area contributed by atoms with E-state index in [1.54, 1.807) is 0 Å². The van der Waals surface area contributed by atoms with E-state index in [0.717, 1.165) is 0 Å². The van der Waals surface area contributed by atoms with E-state index >= 15 is 0 Å². The highest BCUT2D eigenvalue weighted by atomic mass is 31.2. The predicted molar refractivity (Wildman–Crippen MR) is 94.3 cm³/mol. The zero-order valence-electron chi connectivity index (χ0n) is 13.7. The maximum atomic E-state index is 11.1. The van der Waals surface area contributed by atoms with E-state index in [0.29, 0.717) is 22.5 Å². The Labute approximate surface area is 152 Å². The topological polar surface area (TPSA) is 182 Å². The maximum Gasteiger partial charge on any atom is 0.329 e. The fraction of sp³-hybridized carbons (Fsp3) is 0.143. The summed E-state index contributed by atoms with van der Waals surface area (Å²) in [6, 6.07) is 5.96. The van der Waals surface area contributed by atoms with Crippen LogP contribution in [0.5, 0.6) is 0 Å². The molecule has 13 heteroatoms. The van der Waals surface area contributed by atoms with Gasteiger partial charge < -0.3 is 24.6 Å². The summed E-state index contributed by atoms with van der Waals surface area (Å²) >= 11 is 0. The molecule has 3 aromatic heterocycles. The molecule has 0 saturated heterocycles. The van der Waals surface area contributed by atoms with Gasteiger partial charge in [-0.2, -0.15) is 0 Å². The van der Waals surface area contributed by atoms with Gasteiger partial charge in [0.25, 0.3) is 0 Å². The van der Waals surface area contributed by atoms with Crippen LogP contribution >= 0.6 is 15.2 Å². The van der Waals surface area contributed by atoms with Crippen molar-refractivity contribution in [1.82, 2.24) is 25.1 Å². The van der Waals surface area contributed by atoms with Crippen molar-refractivity contribution in [2.75, 3.05) is 0 Å². The number of H-pyrrole nitrogens is 1. The zero-order valence-corrected chi connectivity index (χ0v) is 15.5. The summed E-state index contributed by atoms with van der Waals surface area (Å²) in [5, 5.41) is 7.90. The van der Waals surface area contributed by atoms with Crippen LogP contribution in [0.3, 0.4) is 0 Å². The van der Waals surface area contributed by atoms with Gasteiger partial charge in [-0.3, -0.25) is 19.1 Å². The summed E-state index contributed by atoms with van der Waals surface area (Å²) in [4.78, 5) is 47.4. The highest BCUT2D eigenvalue weighted by Crippen LogP contribution is 2.40. The maximum absolute atomic E-state index is 11.1. The predicted octanol–water partition coefficient (Wildman–Crippen LogP) is 1.28. The van der Waals surface area contributed by atoms with E-state index in [1.807, 2.05) is 0 Å². The summed E-state index contributed by atoms with van der Waals surface area (Å²) in [6.45, 7) is 0. The van der Waals surface area contributed by atoms with Gasteiger partial charge in [0.1, 0.15) is 11.4 Å². The molecule has 11 nitrogen and oxygen atoms in total. The van der Waals surface area contributed by atoms with Crippen molar-refractivity contribution < 1.29 is 28.7 Å². The summed E-state index contributed by atoms with van der Waals surface area (Å²) < 4.78 is 22.3. The number of aromatic nitrogens is 5.